The molecule has 12 N–H and O–H groups in total. The molecule has 0 unspecified atom stereocenters. The minimum atomic E-state index is 0. The van der Waals surface area contributed by atoms with Crippen molar-refractivity contribution >= 4 is 0 Å². The second-order valence-electron chi connectivity index (χ2n) is 0. The van der Waals surface area contributed by atoms with Gasteiger partial charge in [0.2, 0.25) is 0 Å². The van der Waals surface area contributed by atoms with Crippen molar-refractivity contribution in [3.05, 3.63) is 36.9 Å². The molecule has 7 heteroatoms. The van der Waals surface area contributed by atoms with E-state index in [2.05, 4.69) is 0 Å². The predicted molar refractivity (Wildman–Crippen MR) is 31.7 cm³/mol. The fourth-order valence-corrected chi connectivity index (χ4v) is 0. The summed E-state index contributed by atoms with van der Waals surface area (Å²) >= 11 is 0. The van der Waals surface area contributed by atoms with Gasteiger partial charge in [0, 0.05) is 0 Å². The zero-order valence-corrected chi connectivity index (χ0v) is 4.84. The van der Waals surface area contributed by atoms with E-state index >= 15 is 0 Å². The molecule has 7 heavy (non-hydrogen) atoms. The van der Waals surface area contributed by atoms with E-state index in [1.54, 1.807) is 0 Å². The summed E-state index contributed by atoms with van der Waals surface area (Å²) in [6.45, 7) is 0. The normalized spacial score (nSPS) is 0. The standard InChI is InChI=1S/Co.6H2N/h;6*1H2/q+3;6*-1. The van der Waals surface area contributed by atoms with E-state index in [9.17, 15) is 0 Å². The Morgan fingerprint density at radius 1 is 0.286 bits per heavy atom. The molecule has 0 saturated carbocycles. The van der Waals surface area contributed by atoms with E-state index in [1.807, 2.05) is 0 Å². The first kappa shape index (κ1) is 4020. The van der Waals surface area contributed by atoms with Gasteiger partial charge in [0.25, 0.3) is 0 Å². The van der Waals surface area contributed by atoms with Gasteiger partial charge in [0.05, 0.1) is 0 Å². The summed E-state index contributed by atoms with van der Waals surface area (Å²) < 4.78 is 0. The Kier molecular flexibility index (Phi) is 1400000. The van der Waals surface area contributed by atoms with Gasteiger partial charge < -0.3 is 36.9 Å². The number of nitrogens with two attached hydrogens (primary N) is 6. The molecule has 0 atom stereocenters. The molecule has 0 radical (unpaired) electrons. The second-order valence-corrected chi connectivity index (χ2v) is 0. The largest absolute Gasteiger partial charge is 3.00 e. The summed E-state index contributed by atoms with van der Waals surface area (Å²) in [5.41, 5.74) is 0. The Morgan fingerprint density at radius 2 is 0.286 bits per heavy atom. The molecule has 0 rings (SSSR count). The molecular weight excluding hydrogens is 143 g/mol. The van der Waals surface area contributed by atoms with Crippen molar-refractivity contribution in [1.82, 2.24) is 0 Å². The van der Waals surface area contributed by atoms with Crippen LogP contribution in [0.15, 0.2) is 0 Å². The first-order valence-corrected chi connectivity index (χ1v) is 0. The van der Waals surface area contributed by atoms with Crippen LogP contribution in [0.1, 0.15) is 0 Å². The van der Waals surface area contributed by atoms with Gasteiger partial charge in [-0.3, -0.25) is 0 Å². The number of hydrogen-bond acceptors (Lipinski definition) is 0. The van der Waals surface area contributed by atoms with Crippen LogP contribution in [0, 0.1) is 0 Å². The van der Waals surface area contributed by atoms with Crippen molar-refractivity contribution in [1.29, 1.82) is 0 Å². The quantitative estimate of drug-likeness (QED) is 0.479. The first-order valence-electron chi connectivity index (χ1n) is 0. The van der Waals surface area contributed by atoms with Crippen LogP contribution in [0.3, 0.4) is 0 Å². The van der Waals surface area contributed by atoms with Crippen LogP contribution in [-0.4, -0.2) is 0 Å². The monoisotopic (exact) mass is 155 g/mol. The molecule has 0 aromatic carbocycles. The van der Waals surface area contributed by atoms with Crippen molar-refractivity contribution < 1.29 is 16.8 Å². The van der Waals surface area contributed by atoms with Gasteiger partial charge in [0.1, 0.15) is 0 Å². The minimum Gasteiger partial charge on any atom is -0.693 e. The fourth-order valence-electron chi connectivity index (χ4n) is 0. The van der Waals surface area contributed by atoms with E-state index in [0.717, 1.165) is 0 Å². The molecule has 0 aliphatic heterocycles. The summed E-state index contributed by atoms with van der Waals surface area (Å²) in [6.07, 6.45) is 0. The van der Waals surface area contributed by atoms with E-state index in [-0.39, 0.29) is 53.7 Å². The molecule has 0 heterocycles. The maximum atomic E-state index is 0. The van der Waals surface area contributed by atoms with E-state index in [0.29, 0.717) is 0 Å². The molecular formula is H12CoN6-3. The van der Waals surface area contributed by atoms with Gasteiger partial charge >= 0.3 is 16.8 Å². The molecule has 0 aliphatic rings. The average Bonchev–Trinajstić information content (AvgIpc) is 0. The van der Waals surface area contributed by atoms with Gasteiger partial charge in [-0.05, 0) is 0 Å². The molecule has 0 amide bonds. The van der Waals surface area contributed by atoms with E-state index in [4.69, 9.17) is 0 Å². The Hall–Kier alpha value is 0.266. The zero-order valence-electron chi connectivity index (χ0n) is 3.80. The van der Waals surface area contributed by atoms with Gasteiger partial charge in [-0.15, -0.1) is 0 Å². The summed E-state index contributed by atoms with van der Waals surface area (Å²) in [5, 5.41) is 0. The van der Waals surface area contributed by atoms with Crippen LogP contribution in [-0.2, 0) is 16.8 Å². The summed E-state index contributed by atoms with van der Waals surface area (Å²) in [7, 11) is 0. The fraction of sp³-hybridized carbons (Fsp3) is 0. The summed E-state index contributed by atoms with van der Waals surface area (Å²) in [5.74, 6) is 0. The third-order valence-electron chi connectivity index (χ3n) is 0. The van der Waals surface area contributed by atoms with Gasteiger partial charge in [-0.25, -0.2) is 0 Å². The van der Waals surface area contributed by atoms with Crippen LogP contribution in [0.5, 0.6) is 0 Å². The Labute approximate surface area is 54.5 Å². The maximum Gasteiger partial charge on any atom is 3.00 e. The number of hydrogen-bond donors (Lipinski definition) is 0. The van der Waals surface area contributed by atoms with Crippen molar-refractivity contribution in [2.75, 3.05) is 0 Å². The Morgan fingerprint density at radius 3 is 0.286 bits per heavy atom. The van der Waals surface area contributed by atoms with Crippen molar-refractivity contribution in [3.63, 3.8) is 0 Å². The molecule has 54 valence electrons. The van der Waals surface area contributed by atoms with Gasteiger partial charge in [-0.1, -0.05) is 0 Å². The molecule has 0 bridgehead atoms. The molecule has 6 nitrogen and oxygen atoms in total. The maximum absolute atomic E-state index is 0. The van der Waals surface area contributed by atoms with Crippen molar-refractivity contribution in [2.45, 2.75) is 0 Å². The SMILES string of the molecule is [Co+3].[NH2-].[NH2-].[NH2-].[NH2-].[NH2-].[NH2-]. The average molecular weight is 155 g/mol. The first-order chi connectivity index (χ1) is 0. The van der Waals surface area contributed by atoms with E-state index < -0.39 is 0 Å². The summed E-state index contributed by atoms with van der Waals surface area (Å²) in [6, 6.07) is 0. The molecule has 0 aromatic rings. The predicted octanol–water partition coefficient (Wildman–Crippen LogP) is 4.30. The molecule has 0 saturated heterocycles. The Bertz CT molecular complexity index is 4.14. The topological polar surface area (TPSA) is 201 Å². The van der Waals surface area contributed by atoms with E-state index in [1.165, 1.54) is 0 Å². The molecule has 0 aliphatic carbocycles. The third kappa shape index (κ3) is 1610. The minimum absolute atomic E-state index is 0. The van der Waals surface area contributed by atoms with Crippen LogP contribution in [0.25, 0.3) is 36.9 Å². The summed E-state index contributed by atoms with van der Waals surface area (Å²) in [4.78, 5) is 0. The van der Waals surface area contributed by atoms with Crippen molar-refractivity contribution in [3.8, 4) is 0 Å². The number of rotatable bonds is 0. The smallest absolute Gasteiger partial charge is 0.693 e. The van der Waals surface area contributed by atoms with Crippen LogP contribution in [0.4, 0.5) is 0 Å². The third-order valence-corrected chi connectivity index (χ3v) is 0. The molecule has 0 fully saturated rings. The molecule has 0 aromatic heterocycles. The van der Waals surface area contributed by atoms with Crippen molar-refractivity contribution in [2.24, 2.45) is 0 Å². The molecule has 0 spiro atoms. The van der Waals surface area contributed by atoms with Crippen LogP contribution >= 0.6 is 0 Å². The Balaban J connectivity index is 0. The van der Waals surface area contributed by atoms with Crippen LogP contribution < -0.4 is 0 Å². The second kappa shape index (κ2) is 2450. The van der Waals surface area contributed by atoms with Crippen LogP contribution in [0.2, 0.25) is 0 Å². The van der Waals surface area contributed by atoms with Gasteiger partial charge in [-0.2, -0.15) is 0 Å². The van der Waals surface area contributed by atoms with Gasteiger partial charge in [0.15, 0.2) is 0 Å². The zero-order chi connectivity index (χ0) is 0.